The molecule has 0 saturated carbocycles. The van der Waals surface area contributed by atoms with Gasteiger partial charge >= 0.3 is 0 Å². The van der Waals surface area contributed by atoms with Crippen LogP contribution in [0, 0.1) is 0 Å². The smallest absolute Gasteiger partial charge is 0.127 e. The number of benzene rings is 2. The minimum Gasteiger partial charge on any atom is -0.490 e. The van der Waals surface area contributed by atoms with E-state index in [2.05, 4.69) is 0 Å². The van der Waals surface area contributed by atoms with Crippen molar-refractivity contribution in [2.45, 2.75) is 26.5 Å². The molecule has 2 nitrogen and oxygen atoms in total. The maximum absolute atomic E-state index is 6.10. The Kier molecular flexibility index (Phi) is 4.46. The van der Waals surface area contributed by atoms with Gasteiger partial charge in [-0.2, -0.15) is 0 Å². The number of hydrogen-bond acceptors (Lipinski definition) is 2. The second kappa shape index (κ2) is 6.09. The first kappa shape index (κ1) is 13.9. The number of nitrogens with two attached hydrogens (primary N) is 1. The molecule has 0 amide bonds. The van der Waals surface area contributed by atoms with E-state index in [1.165, 1.54) is 0 Å². The Labute approximate surface area is 119 Å². The maximum Gasteiger partial charge on any atom is 0.127 e. The van der Waals surface area contributed by atoms with E-state index in [4.69, 9.17) is 22.1 Å². The Morgan fingerprint density at radius 1 is 1.16 bits per heavy atom. The summed E-state index contributed by atoms with van der Waals surface area (Å²) in [5.74, 6) is 0.878. The Bertz CT molecular complexity index is 566. The Morgan fingerprint density at radius 3 is 2.58 bits per heavy atom. The number of ether oxygens (including phenoxy) is 1. The van der Waals surface area contributed by atoms with Gasteiger partial charge in [0.25, 0.3) is 0 Å². The van der Waals surface area contributed by atoms with E-state index < -0.39 is 0 Å². The maximum atomic E-state index is 6.10. The molecule has 0 spiro atoms. The van der Waals surface area contributed by atoms with Gasteiger partial charge in [0.1, 0.15) is 5.75 Å². The zero-order valence-corrected chi connectivity index (χ0v) is 11.9. The van der Waals surface area contributed by atoms with Gasteiger partial charge in [-0.1, -0.05) is 35.9 Å². The van der Waals surface area contributed by atoms with E-state index in [-0.39, 0.29) is 6.10 Å². The average Bonchev–Trinajstić information content (AvgIpc) is 2.39. The lowest BCUT2D eigenvalue weighted by Gasteiger charge is -2.15. The largest absolute Gasteiger partial charge is 0.490 e. The van der Waals surface area contributed by atoms with Crippen LogP contribution in [0.25, 0.3) is 11.1 Å². The van der Waals surface area contributed by atoms with Crippen molar-refractivity contribution in [3.63, 3.8) is 0 Å². The van der Waals surface area contributed by atoms with Crippen LogP contribution < -0.4 is 10.5 Å². The second-order valence-corrected chi connectivity index (χ2v) is 5.08. The standard InChI is InChI=1S/C16H18ClNO/c1-11(2)19-16-6-4-3-5-14(16)12-7-8-15(17)13(9-12)10-18/h3-9,11H,10,18H2,1-2H3. The molecule has 0 fully saturated rings. The molecule has 0 heterocycles. The Morgan fingerprint density at radius 2 is 1.89 bits per heavy atom. The van der Waals surface area contributed by atoms with Crippen molar-refractivity contribution in [1.29, 1.82) is 0 Å². The summed E-state index contributed by atoms with van der Waals surface area (Å²) < 4.78 is 5.84. The molecule has 2 aromatic rings. The van der Waals surface area contributed by atoms with Crippen LogP contribution in [-0.2, 0) is 6.54 Å². The summed E-state index contributed by atoms with van der Waals surface area (Å²) in [6.45, 7) is 4.47. The molecule has 0 saturated heterocycles. The lowest BCUT2D eigenvalue weighted by Crippen LogP contribution is -2.06. The first-order valence-electron chi connectivity index (χ1n) is 6.36. The lowest BCUT2D eigenvalue weighted by molar-refractivity contribution is 0.243. The zero-order valence-electron chi connectivity index (χ0n) is 11.2. The number of hydrogen-bond donors (Lipinski definition) is 1. The Hall–Kier alpha value is -1.51. The fourth-order valence-electron chi connectivity index (χ4n) is 1.96. The van der Waals surface area contributed by atoms with Crippen LogP contribution in [0.3, 0.4) is 0 Å². The van der Waals surface area contributed by atoms with Gasteiger partial charge in [-0.25, -0.2) is 0 Å². The van der Waals surface area contributed by atoms with Crippen molar-refractivity contribution in [3.8, 4) is 16.9 Å². The normalized spacial score (nSPS) is 10.8. The molecular formula is C16H18ClNO. The summed E-state index contributed by atoms with van der Waals surface area (Å²) in [6, 6.07) is 13.9. The van der Waals surface area contributed by atoms with E-state index in [0.717, 1.165) is 22.4 Å². The van der Waals surface area contributed by atoms with Gasteiger partial charge in [-0.05, 0) is 43.2 Å². The first-order valence-corrected chi connectivity index (χ1v) is 6.74. The minimum atomic E-state index is 0.141. The van der Waals surface area contributed by atoms with Crippen molar-refractivity contribution in [2.24, 2.45) is 5.73 Å². The zero-order chi connectivity index (χ0) is 13.8. The summed E-state index contributed by atoms with van der Waals surface area (Å²) in [5.41, 5.74) is 8.77. The van der Waals surface area contributed by atoms with E-state index >= 15 is 0 Å². The van der Waals surface area contributed by atoms with Gasteiger partial charge in [0.15, 0.2) is 0 Å². The molecule has 2 aromatic carbocycles. The van der Waals surface area contributed by atoms with Gasteiger partial charge in [0, 0.05) is 17.1 Å². The van der Waals surface area contributed by atoms with Crippen LogP contribution in [0.2, 0.25) is 5.02 Å². The van der Waals surface area contributed by atoms with Gasteiger partial charge in [0.2, 0.25) is 0 Å². The van der Waals surface area contributed by atoms with Crippen molar-refractivity contribution in [3.05, 3.63) is 53.1 Å². The van der Waals surface area contributed by atoms with Crippen LogP contribution in [-0.4, -0.2) is 6.10 Å². The van der Waals surface area contributed by atoms with Crippen molar-refractivity contribution in [2.75, 3.05) is 0 Å². The molecule has 0 unspecified atom stereocenters. The van der Waals surface area contributed by atoms with Gasteiger partial charge in [0.05, 0.1) is 6.10 Å². The summed E-state index contributed by atoms with van der Waals surface area (Å²) in [6.07, 6.45) is 0.141. The third-order valence-corrected chi connectivity index (χ3v) is 3.20. The molecule has 3 heteroatoms. The van der Waals surface area contributed by atoms with Gasteiger partial charge < -0.3 is 10.5 Å². The highest BCUT2D eigenvalue weighted by Gasteiger charge is 2.09. The number of halogens is 1. The van der Waals surface area contributed by atoms with E-state index in [0.29, 0.717) is 11.6 Å². The highest BCUT2D eigenvalue weighted by atomic mass is 35.5. The quantitative estimate of drug-likeness (QED) is 0.905. The third kappa shape index (κ3) is 3.28. The summed E-state index contributed by atoms with van der Waals surface area (Å²) in [4.78, 5) is 0. The molecule has 2 N–H and O–H groups in total. The first-order chi connectivity index (χ1) is 9.11. The fourth-order valence-corrected chi connectivity index (χ4v) is 2.16. The minimum absolute atomic E-state index is 0.141. The van der Waals surface area contributed by atoms with Crippen molar-refractivity contribution < 1.29 is 4.74 Å². The molecule has 0 aliphatic rings. The molecule has 0 radical (unpaired) electrons. The summed E-state index contributed by atoms with van der Waals surface area (Å²) in [7, 11) is 0. The van der Waals surface area contributed by atoms with Crippen LogP contribution in [0.1, 0.15) is 19.4 Å². The van der Waals surface area contributed by atoms with E-state index in [1.54, 1.807) is 0 Å². The predicted octanol–water partition coefficient (Wildman–Crippen LogP) is 4.25. The molecular weight excluding hydrogens is 258 g/mol. The molecule has 100 valence electrons. The lowest BCUT2D eigenvalue weighted by atomic mass is 10.0. The van der Waals surface area contributed by atoms with Crippen molar-refractivity contribution >= 4 is 11.6 Å². The Balaban J connectivity index is 2.46. The number of rotatable bonds is 4. The predicted molar refractivity (Wildman–Crippen MR) is 80.5 cm³/mol. The fraction of sp³-hybridized carbons (Fsp3) is 0.250. The summed E-state index contributed by atoms with van der Waals surface area (Å²) >= 11 is 6.10. The summed E-state index contributed by atoms with van der Waals surface area (Å²) in [5, 5.41) is 0.702. The molecule has 19 heavy (non-hydrogen) atoms. The molecule has 0 aromatic heterocycles. The van der Waals surface area contributed by atoms with Crippen LogP contribution in [0.4, 0.5) is 0 Å². The highest BCUT2D eigenvalue weighted by Crippen LogP contribution is 2.32. The molecule has 0 bridgehead atoms. The molecule has 0 aliphatic heterocycles. The molecule has 0 aliphatic carbocycles. The monoisotopic (exact) mass is 275 g/mol. The van der Waals surface area contributed by atoms with Crippen molar-refractivity contribution in [1.82, 2.24) is 0 Å². The van der Waals surface area contributed by atoms with Crippen LogP contribution >= 0.6 is 11.6 Å². The highest BCUT2D eigenvalue weighted by molar-refractivity contribution is 6.31. The second-order valence-electron chi connectivity index (χ2n) is 4.67. The number of para-hydroxylation sites is 1. The van der Waals surface area contributed by atoms with E-state index in [9.17, 15) is 0 Å². The topological polar surface area (TPSA) is 35.2 Å². The molecule has 0 atom stereocenters. The molecule has 2 rings (SSSR count). The van der Waals surface area contributed by atoms with Gasteiger partial charge in [-0.3, -0.25) is 0 Å². The average molecular weight is 276 g/mol. The van der Waals surface area contributed by atoms with Crippen LogP contribution in [0.15, 0.2) is 42.5 Å². The van der Waals surface area contributed by atoms with E-state index in [1.807, 2.05) is 56.3 Å². The van der Waals surface area contributed by atoms with Gasteiger partial charge in [-0.15, -0.1) is 0 Å². The van der Waals surface area contributed by atoms with Crippen LogP contribution in [0.5, 0.6) is 5.75 Å². The third-order valence-electron chi connectivity index (χ3n) is 2.83. The SMILES string of the molecule is CC(C)Oc1ccccc1-c1ccc(Cl)c(CN)c1.